The smallest absolute Gasteiger partial charge is 0.175 e. The summed E-state index contributed by atoms with van der Waals surface area (Å²) in [5.41, 5.74) is 2.50. The van der Waals surface area contributed by atoms with Crippen LogP contribution in [0.1, 0.15) is 6.92 Å². The maximum atomic E-state index is 11.8. The SMILES string of the molecule is CCOc1ccc(-n2nccc2-c2cccc(S(C)(=O)=O)c2)cc1. The van der Waals surface area contributed by atoms with E-state index in [1.54, 1.807) is 29.1 Å². The van der Waals surface area contributed by atoms with Crippen molar-refractivity contribution < 1.29 is 13.2 Å². The molecular weight excluding hydrogens is 324 g/mol. The van der Waals surface area contributed by atoms with E-state index in [9.17, 15) is 8.42 Å². The first-order valence-corrected chi connectivity index (χ1v) is 9.46. The molecule has 2 aromatic carbocycles. The van der Waals surface area contributed by atoms with Crippen molar-refractivity contribution >= 4 is 9.84 Å². The normalized spacial score (nSPS) is 11.4. The first-order chi connectivity index (χ1) is 11.5. The Morgan fingerprint density at radius 3 is 2.50 bits per heavy atom. The van der Waals surface area contributed by atoms with Crippen molar-refractivity contribution in [1.29, 1.82) is 0 Å². The molecule has 124 valence electrons. The van der Waals surface area contributed by atoms with Crippen molar-refractivity contribution in [1.82, 2.24) is 9.78 Å². The lowest BCUT2D eigenvalue weighted by molar-refractivity contribution is 0.340. The quantitative estimate of drug-likeness (QED) is 0.713. The zero-order chi connectivity index (χ0) is 17.2. The third-order valence-corrected chi connectivity index (χ3v) is 4.70. The first kappa shape index (κ1) is 16.3. The highest BCUT2D eigenvalue weighted by Gasteiger charge is 2.12. The zero-order valence-corrected chi connectivity index (χ0v) is 14.3. The van der Waals surface area contributed by atoms with Crippen molar-refractivity contribution in [2.75, 3.05) is 12.9 Å². The summed E-state index contributed by atoms with van der Waals surface area (Å²) >= 11 is 0. The molecule has 0 saturated carbocycles. The largest absolute Gasteiger partial charge is 0.494 e. The molecule has 0 aliphatic carbocycles. The van der Waals surface area contributed by atoms with Crippen LogP contribution < -0.4 is 4.74 Å². The monoisotopic (exact) mass is 342 g/mol. The second-order valence-corrected chi connectivity index (χ2v) is 7.37. The standard InChI is InChI=1S/C18H18N2O3S/c1-3-23-16-9-7-15(8-10-16)20-18(11-12-19-20)14-5-4-6-17(13-14)24(2,21)22/h4-13H,3H2,1-2H3. The Hall–Kier alpha value is -2.60. The number of nitrogens with zero attached hydrogens (tertiary/aromatic N) is 2. The van der Waals surface area contributed by atoms with Gasteiger partial charge in [0.25, 0.3) is 0 Å². The van der Waals surface area contributed by atoms with Gasteiger partial charge in [-0.2, -0.15) is 5.10 Å². The number of rotatable bonds is 5. The van der Waals surface area contributed by atoms with Crippen LogP contribution >= 0.6 is 0 Å². The third-order valence-electron chi connectivity index (χ3n) is 3.59. The Kier molecular flexibility index (Phi) is 4.40. The third kappa shape index (κ3) is 3.33. The highest BCUT2D eigenvalue weighted by molar-refractivity contribution is 7.90. The minimum atomic E-state index is -3.25. The maximum Gasteiger partial charge on any atom is 0.175 e. The van der Waals surface area contributed by atoms with Gasteiger partial charge in [0.05, 0.1) is 29.1 Å². The van der Waals surface area contributed by atoms with E-state index in [2.05, 4.69) is 5.10 Å². The van der Waals surface area contributed by atoms with Gasteiger partial charge in [-0.1, -0.05) is 12.1 Å². The maximum absolute atomic E-state index is 11.8. The van der Waals surface area contributed by atoms with Gasteiger partial charge in [0.1, 0.15) is 5.75 Å². The summed E-state index contributed by atoms with van der Waals surface area (Å²) in [5, 5.41) is 4.36. The minimum Gasteiger partial charge on any atom is -0.494 e. The van der Waals surface area contributed by atoms with E-state index < -0.39 is 9.84 Å². The minimum absolute atomic E-state index is 0.291. The predicted octanol–water partition coefficient (Wildman–Crippen LogP) is 3.34. The summed E-state index contributed by atoms with van der Waals surface area (Å²) in [4.78, 5) is 0.291. The number of hydrogen-bond donors (Lipinski definition) is 0. The Bertz CT molecular complexity index is 944. The number of sulfone groups is 1. The molecule has 0 aliphatic rings. The summed E-state index contributed by atoms with van der Waals surface area (Å²) in [6.07, 6.45) is 2.90. The van der Waals surface area contributed by atoms with Gasteiger partial charge in [-0.05, 0) is 49.4 Å². The Labute approximate surface area is 141 Å². The van der Waals surface area contributed by atoms with Crippen molar-refractivity contribution in [3.63, 3.8) is 0 Å². The molecule has 0 saturated heterocycles. The molecule has 0 N–H and O–H groups in total. The molecule has 1 heterocycles. The van der Waals surface area contributed by atoms with E-state index in [1.807, 2.05) is 43.3 Å². The fraction of sp³-hybridized carbons (Fsp3) is 0.167. The molecule has 3 aromatic rings. The summed E-state index contributed by atoms with van der Waals surface area (Å²) in [5.74, 6) is 0.800. The second kappa shape index (κ2) is 6.49. The fourth-order valence-electron chi connectivity index (χ4n) is 2.46. The van der Waals surface area contributed by atoms with E-state index in [0.29, 0.717) is 11.5 Å². The molecule has 5 nitrogen and oxygen atoms in total. The van der Waals surface area contributed by atoms with Crippen molar-refractivity contribution in [3.05, 3.63) is 60.8 Å². The molecule has 3 rings (SSSR count). The molecule has 0 spiro atoms. The first-order valence-electron chi connectivity index (χ1n) is 7.57. The van der Waals surface area contributed by atoms with E-state index in [1.165, 1.54) is 6.26 Å². The lowest BCUT2D eigenvalue weighted by atomic mass is 10.1. The van der Waals surface area contributed by atoms with Crippen LogP contribution in [0.3, 0.4) is 0 Å². The highest BCUT2D eigenvalue weighted by Crippen LogP contribution is 2.25. The molecule has 6 heteroatoms. The van der Waals surface area contributed by atoms with Crippen molar-refractivity contribution in [2.24, 2.45) is 0 Å². The molecule has 1 aromatic heterocycles. The number of ether oxygens (including phenoxy) is 1. The van der Waals surface area contributed by atoms with Gasteiger partial charge in [0.2, 0.25) is 0 Å². The Balaban J connectivity index is 2.02. The molecule has 0 amide bonds. The van der Waals surface area contributed by atoms with Crippen molar-refractivity contribution in [2.45, 2.75) is 11.8 Å². The molecule has 0 radical (unpaired) electrons. The van der Waals surface area contributed by atoms with Crippen LogP contribution in [-0.4, -0.2) is 31.1 Å². The van der Waals surface area contributed by atoms with Crippen LogP contribution in [0.25, 0.3) is 16.9 Å². The topological polar surface area (TPSA) is 61.2 Å². The predicted molar refractivity (Wildman–Crippen MR) is 93.3 cm³/mol. The Morgan fingerprint density at radius 2 is 1.83 bits per heavy atom. The molecule has 0 bridgehead atoms. The highest BCUT2D eigenvalue weighted by atomic mass is 32.2. The lowest BCUT2D eigenvalue weighted by Gasteiger charge is -2.10. The molecule has 0 fully saturated rings. The van der Waals surface area contributed by atoms with E-state index in [-0.39, 0.29) is 0 Å². The van der Waals surface area contributed by atoms with Crippen LogP contribution in [0.5, 0.6) is 5.75 Å². The van der Waals surface area contributed by atoms with E-state index in [4.69, 9.17) is 4.74 Å². The van der Waals surface area contributed by atoms with Crippen LogP contribution in [0.2, 0.25) is 0 Å². The number of benzene rings is 2. The molecule has 0 atom stereocenters. The van der Waals surface area contributed by atoms with Crippen LogP contribution in [0.15, 0.2) is 65.7 Å². The summed E-state index contributed by atoms with van der Waals surface area (Å²) < 4.78 is 30.8. The molecular formula is C18H18N2O3S. The van der Waals surface area contributed by atoms with Gasteiger partial charge >= 0.3 is 0 Å². The number of aromatic nitrogens is 2. The Morgan fingerprint density at radius 1 is 1.08 bits per heavy atom. The van der Waals surface area contributed by atoms with Crippen LogP contribution in [0.4, 0.5) is 0 Å². The summed E-state index contributed by atoms with van der Waals surface area (Å²) in [7, 11) is -3.25. The van der Waals surface area contributed by atoms with Crippen LogP contribution in [0, 0.1) is 0 Å². The van der Waals surface area contributed by atoms with Crippen LogP contribution in [-0.2, 0) is 9.84 Å². The van der Waals surface area contributed by atoms with Gasteiger partial charge in [-0.25, -0.2) is 13.1 Å². The fourth-order valence-corrected chi connectivity index (χ4v) is 3.13. The number of hydrogen-bond acceptors (Lipinski definition) is 4. The lowest BCUT2D eigenvalue weighted by Crippen LogP contribution is -2.01. The average Bonchev–Trinajstić information content (AvgIpc) is 3.05. The average molecular weight is 342 g/mol. The van der Waals surface area contributed by atoms with E-state index in [0.717, 1.165) is 22.7 Å². The van der Waals surface area contributed by atoms with Gasteiger partial charge in [-0.3, -0.25) is 0 Å². The van der Waals surface area contributed by atoms with Crippen molar-refractivity contribution in [3.8, 4) is 22.7 Å². The molecule has 0 aliphatic heterocycles. The zero-order valence-electron chi connectivity index (χ0n) is 13.5. The van der Waals surface area contributed by atoms with Gasteiger partial charge in [0, 0.05) is 11.8 Å². The summed E-state index contributed by atoms with van der Waals surface area (Å²) in [6, 6.07) is 16.3. The second-order valence-electron chi connectivity index (χ2n) is 5.36. The van der Waals surface area contributed by atoms with Gasteiger partial charge in [0.15, 0.2) is 9.84 Å². The van der Waals surface area contributed by atoms with E-state index >= 15 is 0 Å². The molecule has 24 heavy (non-hydrogen) atoms. The van der Waals surface area contributed by atoms with Gasteiger partial charge in [-0.15, -0.1) is 0 Å². The van der Waals surface area contributed by atoms with Gasteiger partial charge < -0.3 is 4.74 Å². The molecule has 0 unspecified atom stereocenters. The summed E-state index contributed by atoms with van der Waals surface area (Å²) in [6.45, 7) is 2.55.